The molecule has 2 unspecified atom stereocenters. The molecule has 0 bridgehead atoms. The van der Waals surface area contributed by atoms with E-state index in [-0.39, 0.29) is 6.17 Å². The normalized spacial score (nSPS) is 18.3. The first-order valence-electron chi connectivity index (χ1n) is 15.4. The standard InChI is InChI=1S/C40H29N3O2/c1-24-17-19-26(20-18-24)39-41-38(25-9-3-2-4-10-25)42-40(43-39)31-14-8-16-35-36(31)30-13-7-12-28(37(30)45-35)27-21-22-34-32(23-27)29-11-5-6-15-33(29)44-34/h2-17,19-24,38H,18H2,1H3,(H,41,42,43). The summed E-state index contributed by atoms with van der Waals surface area (Å²) in [4.78, 5) is 10.2. The van der Waals surface area contributed by atoms with Gasteiger partial charge in [-0.15, -0.1) is 0 Å². The monoisotopic (exact) mass is 583 g/mol. The van der Waals surface area contributed by atoms with Gasteiger partial charge in [0.05, 0.1) is 0 Å². The van der Waals surface area contributed by atoms with E-state index in [9.17, 15) is 0 Å². The Labute approximate surface area is 259 Å². The van der Waals surface area contributed by atoms with Crippen molar-refractivity contribution in [3.8, 4) is 11.1 Å². The van der Waals surface area contributed by atoms with Crippen molar-refractivity contribution in [2.75, 3.05) is 0 Å². The smallest absolute Gasteiger partial charge is 0.169 e. The average Bonchev–Trinajstić information content (AvgIpc) is 3.67. The van der Waals surface area contributed by atoms with Crippen molar-refractivity contribution in [2.45, 2.75) is 19.5 Å². The van der Waals surface area contributed by atoms with Gasteiger partial charge in [-0.2, -0.15) is 0 Å². The number of hydrogen-bond donors (Lipinski definition) is 1. The Bertz CT molecular complexity index is 2410. The lowest BCUT2D eigenvalue weighted by Crippen LogP contribution is -2.36. The molecule has 7 aromatic rings. The summed E-state index contributed by atoms with van der Waals surface area (Å²) < 4.78 is 12.8. The fraction of sp³-hybridized carbons (Fsp3) is 0.100. The number of aliphatic imine (C=N–C) groups is 2. The van der Waals surface area contributed by atoms with Crippen LogP contribution >= 0.6 is 0 Å². The predicted molar refractivity (Wildman–Crippen MR) is 184 cm³/mol. The molecule has 0 amide bonds. The van der Waals surface area contributed by atoms with Crippen LogP contribution in [0.5, 0.6) is 0 Å². The average molecular weight is 584 g/mol. The lowest BCUT2D eigenvalue weighted by atomic mass is 9.97. The second-order valence-corrected chi connectivity index (χ2v) is 11.9. The van der Waals surface area contributed by atoms with Gasteiger partial charge in [0, 0.05) is 38.2 Å². The molecular weight excluding hydrogens is 554 g/mol. The number of amidine groups is 2. The van der Waals surface area contributed by atoms with E-state index in [0.717, 1.165) is 89.8 Å². The van der Waals surface area contributed by atoms with Crippen LogP contribution in [0.4, 0.5) is 0 Å². The van der Waals surface area contributed by atoms with Gasteiger partial charge >= 0.3 is 0 Å². The molecule has 0 saturated heterocycles. The molecule has 5 heteroatoms. The van der Waals surface area contributed by atoms with Gasteiger partial charge in [-0.25, -0.2) is 9.98 Å². The van der Waals surface area contributed by atoms with E-state index in [0.29, 0.717) is 5.92 Å². The molecule has 1 N–H and O–H groups in total. The Morgan fingerprint density at radius 3 is 2.31 bits per heavy atom. The lowest BCUT2D eigenvalue weighted by molar-refractivity contribution is 0.668. The highest BCUT2D eigenvalue weighted by Gasteiger charge is 2.25. The largest absolute Gasteiger partial charge is 0.456 e. The van der Waals surface area contributed by atoms with Crippen molar-refractivity contribution in [3.05, 3.63) is 144 Å². The Kier molecular flexibility index (Phi) is 5.85. The number of furan rings is 2. The van der Waals surface area contributed by atoms with Crippen LogP contribution in [0.15, 0.2) is 152 Å². The van der Waals surface area contributed by atoms with Crippen molar-refractivity contribution in [1.82, 2.24) is 5.32 Å². The van der Waals surface area contributed by atoms with Crippen molar-refractivity contribution < 1.29 is 8.83 Å². The Hall–Kier alpha value is -5.68. The van der Waals surface area contributed by atoms with Crippen LogP contribution in [0.2, 0.25) is 0 Å². The minimum atomic E-state index is -0.355. The number of nitrogens with one attached hydrogen (secondary N) is 1. The highest BCUT2D eigenvalue weighted by molar-refractivity contribution is 6.24. The van der Waals surface area contributed by atoms with Crippen molar-refractivity contribution in [3.63, 3.8) is 0 Å². The zero-order valence-corrected chi connectivity index (χ0v) is 24.7. The third-order valence-electron chi connectivity index (χ3n) is 8.89. The molecule has 3 heterocycles. The Morgan fingerprint density at radius 2 is 1.42 bits per heavy atom. The molecule has 0 spiro atoms. The summed E-state index contributed by atoms with van der Waals surface area (Å²) in [5.41, 5.74) is 8.69. The van der Waals surface area contributed by atoms with E-state index in [1.807, 2.05) is 48.5 Å². The fourth-order valence-electron chi connectivity index (χ4n) is 6.58. The quantitative estimate of drug-likeness (QED) is 0.224. The van der Waals surface area contributed by atoms with E-state index >= 15 is 0 Å². The fourth-order valence-corrected chi connectivity index (χ4v) is 6.58. The van der Waals surface area contributed by atoms with Crippen LogP contribution in [-0.2, 0) is 0 Å². The first-order valence-corrected chi connectivity index (χ1v) is 15.4. The van der Waals surface area contributed by atoms with Gasteiger partial charge in [-0.3, -0.25) is 0 Å². The summed E-state index contributed by atoms with van der Waals surface area (Å²) in [6.45, 7) is 2.23. The first kappa shape index (κ1) is 25.8. The maximum Gasteiger partial charge on any atom is 0.169 e. The molecule has 0 radical (unpaired) electrons. The van der Waals surface area contributed by atoms with Crippen LogP contribution < -0.4 is 5.32 Å². The highest BCUT2D eigenvalue weighted by atomic mass is 16.3. The molecule has 2 aliphatic rings. The van der Waals surface area contributed by atoms with Crippen LogP contribution in [0.1, 0.15) is 30.6 Å². The first-order chi connectivity index (χ1) is 22.2. The van der Waals surface area contributed by atoms with Gasteiger partial charge in [-0.05, 0) is 47.7 Å². The van der Waals surface area contributed by atoms with E-state index in [1.165, 1.54) is 0 Å². The molecular formula is C40H29N3O2. The molecule has 216 valence electrons. The van der Waals surface area contributed by atoms with E-state index < -0.39 is 0 Å². The Balaban J connectivity index is 1.20. The molecule has 45 heavy (non-hydrogen) atoms. The zero-order chi connectivity index (χ0) is 29.9. The maximum absolute atomic E-state index is 6.66. The number of fused-ring (bicyclic) bond motifs is 6. The van der Waals surface area contributed by atoms with Gasteiger partial charge in [0.15, 0.2) is 6.17 Å². The summed E-state index contributed by atoms with van der Waals surface area (Å²) in [5, 5.41) is 7.89. The second-order valence-electron chi connectivity index (χ2n) is 11.9. The van der Waals surface area contributed by atoms with Crippen LogP contribution in [0, 0.1) is 5.92 Å². The van der Waals surface area contributed by atoms with E-state index in [2.05, 4.69) is 91.1 Å². The third-order valence-corrected chi connectivity index (χ3v) is 8.89. The number of benzene rings is 5. The van der Waals surface area contributed by atoms with Crippen molar-refractivity contribution in [2.24, 2.45) is 15.9 Å². The third kappa shape index (κ3) is 4.31. The number of para-hydroxylation sites is 2. The molecule has 0 saturated carbocycles. The summed E-state index contributed by atoms with van der Waals surface area (Å²) in [6, 6.07) is 37.4. The topological polar surface area (TPSA) is 63.0 Å². The second kappa shape index (κ2) is 10.2. The molecule has 9 rings (SSSR count). The number of hydrogen-bond acceptors (Lipinski definition) is 5. The summed E-state index contributed by atoms with van der Waals surface area (Å²) in [7, 11) is 0. The molecule has 2 aromatic heterocycles. The van der Waals surface area contributed by atoms with E-state index in [4.69, 9.17) is 18.8 Å². The van der Waals surface area contributed by atoms with Crippen molar-refractivity contribution in [1.29, 1.82) is 0 Å². The number of nitrogens with zero attached hydrogens (tertiary/aromatic N) is 2. The zero-order valence-electron chi connectivity index (χ0n) is 24.7. The van der Waals surface area contributed by atoms with Gasteiger partial charge in [0.1, 0.15) is 34.0 Å². The molecule has 1 aliphatic carbocycles. The predicted octanol–water partition coefficient (Wildman–Crippen LogP) is 10.1. The van der Waals surface area contributed by atoms with E-state index in [1.54, 1.807) is 0 Å². The van der Waals surface area contributed by atoms with Crippen molar-refractivity contribution >= 4 is 55.5 Å². The van der Waals surface area contributed by atoms with Crippen LogP contribution in [0.25, 0.3) is 55.0 Å². The molecule has 0 fully saturated rings. The summed E-state index contributed by atoms with van der Waals surface area (Å²) >= 11 is 0. The lowest BCUT2D eigenvalue weighted by Gasteiger charge is -2.24. The Morgan fingerprint density at radius 1 is 0.667 bits per heavy atom. The minimum absolute atomic E-state index is 0.355. The molecule has 1 aliphatic heterocycles. The number of allylic oxidation sites excluding steroid dienone is 2. The number of rotatable bonds is 4. The van der Waals surface area contributed by atoms with Crippen LogP contribution in [0.3, 0.4) is 0 Å². The maximum atomic E-state index is 6.66. The summed E-state index contributed by atoms with van der Waals surface area (Å²) in [5.74, 6) is 2.14. The SMILES string of the molecule is CC1C=CC(C2=NC(c3ccccc3)N=C(c3cccc4oc5c(-c6ccc7oc8ccccc8c7c6)cccc5c34)N2)=CC1. The highest BCUT2D eigenvalue weighted by Crippen LogP contribution is 2.40. The molecule has 2 atom stereocenters. The van der Waals surface area contributed by atoms with Crippen LogP contribution in [-0.4, -0.2) is 11.7 Å². The molecule has 5 nitrogen and oxygen atoms in total. The molecule has 5 aromatic carbocycles. The van der Waals surface area contributed by atoms with Gasteiger partial charge in [0.25, 0.3) is 0 Å². The summed E-state index contributed by atoms with van der Waals surface area (Å²) in [6.07, 6.45) is 7.32. The minimum Gasteiger partial charge on any atom is -0.456 e. The van der Waals surface area contributed by atoms with Gasteiger partial charge < -0.3 is 14.2 Å². The van der Waals surface area contributed by atoms with Gasteiger partial charge in [-0.1, -0.05) is 110 Å². The van der Waals surface area contributed by atoms with Gasteiger partial charge in [0.2, 0.25) is 0 Å².